The summed E-state index contributed by atoms with van der Waals surface area (Å²) in [5.41, 5.74) is 1.03. The van der Waals surface area contributed by atoms with Gasteiger partial charge in [-0.15, -0.1) is 11.3 Å². The van der Waals surface area contributed by atoms with Gasteiger partial charge in [0.15, 0.2) is 0 Å². The predicted octanol–water partition coefficient (Wildman–Crippen LogP) is 3.92. The fourth-order valence-corrected chi connectivity index (χ4v) is 5.83. The summed E-state index contributed by atoms with van der Waals surface area (Å²) < 4.78 is 31.7. The fraction of sp³-hybridized carbons (Fsp3) is 0.409. The lowest BCUT2D eigenvalue weighted by Crippen LogP contribution is -2.32. The van der Waals surface area contributed by atoms with Gasteiger partial charge >= 0.3 is 6.09 Å². The summed E-state index contributed by atoms with van der Waals surface area (Å²) in [5.74, 6) is -1.20. The van der Waals surface area contributed by atoms with Crippen molar-refractivity contribution in [3.8, 4) is 0 Å². The molecular weight excluding hydrogens is 466 g/mol. The van der Waals surface area contributed by atoms with Crippen LogP contribution in [0.1, 0.15) is 57.8 Å². The molecule has 0 aliphatic heterocycles. The highest BCUT2D eigenvalue weighted by Crippen LogP contribution is 2.33. The molecule has 2 N–H and O–H groups in total. The molecule has 33 heavy (non-hydrogen) atoms. The van der Waals surface area contributed by atoms with E-state index in [1.165, 1.54) is 39.9 Å². The summed E-state index contributed by atoms with van der Waals surface area (Å²) in [6, 6.07) is 5.66. The second-order valence-electron chi connectivity index (χ2n) is 7.32. The van der Waals surface area contributed by atoms with E-state index in [2.05, 4.69) is 15.4 Å². The minimum Gasteiger partial charge on any atom is -0.453 e. The Bertz CT molecular complexity index is 1120. The average molecular weight is 496 g/mol. The highest BCUT2D eigenvalue weighted by Gasteiger charge is 2.25. The largest absolute Gasteiger partial charge is 0.453 e. The number of benzene rings is 1. The molecule has 1 aromatic carbocycles. The van der Waals surface area contributed by atoms with Crippen molar-refractivity contribution in [1.29, 1.82) is 0 Å². The van der Waals surface area contributed by atoms with Crippen molar-refractivity contribution >= 4 is 44.3 Å². The van der Waals surface area contributed by atoms with Gasteiger partial charge in [0.05, 0.1) is 17.6 Å². The molecule has 0 saturated heterocycles. The van der Waals surface area contributed by atoms with Gasteiger partial charge in [0, 0.05) is 23.5 Å². The Morgan fingerprint density at radius 3 is 2.09 bits per heavy atom. The molecule has 2 aromatic rings. The first-order chi connectivity index (χ1) is 15.6. The van der Waals surface area contributed by atoms with Crippen LogP contribution in [0.2, 0.25) is 0 Å². The van der Waals surface area contributed by atoms with E-state index in [4.69, 9.17) is 0 Å². The number of alkyl carbamates (subject to hydrolysis) is 1. The van der Waals surface area contributed by atoms with Crippen molar-refractivity contribution in [3.63, 3.8) is 0 Å². The van der Waals surface area contributed by atoms with Gasteiger partial charge in [0.2, 0.25) is 10.0 Å². The molecule has 0 aliphatic carbocycles. The number of anilines is 1. The summed E-state index contributed by atoms with van der Waals surface area (Å²) in [6.07, 6.45) is 0.494. The number of carbonyl (C=O) groups excluding carboxylic acids is 3. The molecule has 9 nitrogen and oxygen atoms in total. The van der Waals surface area contributed by atoms with Gasteiger partial charge in [-0.1, -0.05) is 13.8 Å². The predicted molar refractivity (Wildman–Crippen MR) is 127 cm³/mol. The summed E-state index contributed by atoms with van der Waals surface area (Å²) in [5, 5.41) is 5.06. The molecule has 0 saturated carbocycles. The number of methoxy groups -OCH3 is 1. The van der Waals surface area contributed by atoms with Crippen molar-refractivity contribution in [2.24, 2.45) is 0 Å². The second-order valence-corrected chi connectivity index (χ2v) is 10.5. The van der Waals surface area contributed by atoms with Crippen molar-refractivity contribution in [1.82, 2.24) is 9.62 Å². The molecular formula is C22H29N3O6S2. The SMILES string of the molecule is CCCN(CCC)S(=O)(=O)c1ccc(C(=O)Nc2sc(C)c(C)c2C(=O)NC(=O)OC)cc1. The highest BCUT2D eigenvalue weighted by atomic mass is 32.2. The Labute approximate surface area is 198 Å². The van der Waals surface area contributed by atoms with Crippen LogP contribution in [0.4, 0.5) is 9.80 Å². The lowest BCUT2D eigenvalue weighted by Gasteiger charge is -2.21. The topological polar surface area (TPSA) is 122 Å². The number of imide groups is 1. The molecule has 0 radical (unpaired) electrons. The lowest BCUT2D eigenvalue weighted by molar-refractivity contribution is 0.0937. The molecule has 0 atom stereocenters. The van der Waals surface area contributed by atoms with E-state index in [0.717, 1.165) is 12.0 Å². The normalized spacial score (nSPS) is 11.3. The van der Waals surface area contributed by atoms with E-state index in [1.807, 2.05) is 13.8 Å². The quantitative estimate of drug-likeness (QED) is 0.544. The lowest BCUT2D eigenvalue weighted by atomic mass is 10.1. The fourth-order valence-electron chi connectivity index (χ4n) is 3.15. The number of thiophene rings is 1. The summed E-state index contributed by atoms with van der Waals surface area (Å²) >= 11 is 1.20. The molecule has 180 valence electrons. The van der Waals surface area contributed by atoms with E-state index in [-0.39, 0.29) is 21.0 Å². The Balaban J connectivity index is 2.26. The molecule has 0 spiro atoms. The average Bonchev–Trinajstić information content (AvgIpc) is 3.06. The molecule has 0 bridgehead atoms. The molecule has 11 heteroatoms. The van der Waals surface area contributed by atoms with E-state index < -0.39 is 27.9 Å². The first-order valence-corrected chi connectivity index (χ1v) is 12.7. The van der Waals surface area contributed by atoms with Gasteiger partial charge in [-0.25, -0.2) is 13.2 Å². The molecule has 1 aromatic heterocycles. The van der Waals surface area contributed by atoms with Gasteiger partial charge in [0.1, 0.15) is 5.00 Å². The standard InChI is InChI=1S/C22H29N3O6S2/c1-6-12-25(13-7-2)33(29,30)17-10-8-16(9-11-17)19(26)23-21-18(14(3)15(4)32-21)20(27)24-22(28)31-5/h8-11H,6-7,12-13H2,1-5H3,(H,23,26)(H,24,27,28). The van der Waals surface area contributed by atoms with E-state index >= 15 is 0 Å². The van der Waals surface area contributed by atoms with Gasteiger partial charge < -0.3 is 10.1 Å². The number of aryl methyl sites for hydroxylation is 1. The maximum absolute atomic E-state index is 12.9. The zero-order valence-corrected chi connectivity index (χ0v) is 21.0. The van der Waals surface area contributed by atoms with Crippen LogP contribution in [0.15, 0.2) is 29.2 Å². The highest BCUT2D eigenvalue weighted by molar-refractivity contribution is 7.89. The van der Waals surface area contributed by atoms with Crippen LogP contribution in [0, 0.1) is 13.8 Å². The summed E-state index contributed by atoms with van der Waals surface area (Å²) in [4.78, 5) is 37.6. The minimum atomic E-state index is -3.65. The molecule has 2 rings (SSSR count). The van der Waals surface area contributed by atoms with Crippen LogP contribution in [-0.2, 0) is 14.8 Å². The number of amides is 3. The Morgan fingerprint density at radius 2 is 1.58 bits per heavy atom. The summed E-state index contributed by atoms with van der Waals surface area (Å²) in [6.45, 7) is 8.19. The molecule has 0 aliphatic rings. The van der Waals surface area contributed by atoms with E-state index in [1.54, 1.807) is 13.8 Å². The molecule has 0 fully saturated rings. The minimum absolute atomic E-state index is 0.113. The third-order valence-corrected chi connectivity index (χ3v) is 7.98. The number of sulfonamides is 1. The Morgan fingerprint density at radius 1 is 1.00 bits per heavy atom. The maximum atomic E-state index is 12.9. The molecule has 3 amide bonds. The zero-order valence-electron chi connectivity index (χ0n) is 19.4. The number of carbonyl (C=O) groups is 3. The molecule has 1 heterocycles. The van der Waals surface area contributed by atoms with Crippen LogP contribution in [0.3, 0.4) is 0 Å². The third kappa shape index (κ3) is 6.18. The van der Waals surface area contributed by atoms with Gasteiger partial charge in [0.25, 0.3) is 11.8 Å². The van der Waals surface area contributed by atoms with Gasteiger partial charge in [-0.05, 0) is 56.5 Å². The van der Waals surface area contributed by atoms with Crippen LogP contribution in [-0.4, -0.2) is 50.8 Å². The zero-order chi connectivity index (χ0) is 24.8. The number of nitrogens with one attached hydrogen (secondary N) is 2. The van der Waals surface area contributed by atoms with Crippen LogP contribution in [0.25, 0.3) is 0 Å². The smallest absolute Gasteiger partial charge is 0.413 e. The summed E-state index contributed by atoms with van der Waals surface area (Å²) in [7, 11) is -2.51. The van der Waals surface area contributed by atoms with Crippen molar-refractivity contribution in [2.75, 3.05) is 25.5 Å². The first kappa shape index (κ1) is 26.5. The number of rotatable bonds is 9. The molecule has 0 unspecified atom stereocenters. The Hall–Kier alpha value is -2.76. The van der Waals surface area contributed by atoms with Crippen molar-refractivity contribution < 1.29 is 27.5 Å². The second kappa shape index (κ2) is 11.4. The van der Waals surface area contributed by atoms with Crippen LogP contribution in [0.5, 0.6) is 0 Å². The van der Waals surface area contributed by atoms with Crippen molar-refractivity contribution in [2.45, 2.75) is 45.4 Å². The van der Waals surface area contributed by atoms with E-state index in [0.29, 0.717) is 31.5 Å². The number of nitrogens with zero attached hydrogens (tertiary/aromatic N) is 1. The van der Waals surface area contributed by atoms with Gasteiger partial charge in [-0.2, -0.15) is 4.31 Å². The number of ether oxygens (including phenoxy) is 1. The van der Waals surface area contributed by atoms with Crippen LogP contribution >= 0.6 is 11.3 Å². The number of hydrogen-bond donors (Lipinski definition) is 2. The number of hydrogen-bond acceptors (Lipinski definition) is 7. The van der Waals surface area contributed by atoms with Crippen molar-refractivity contribution in [3.05, 3.63) is 45.8 Å². The van der Waals surface area contributed by atoms with E-state index in [9.17, 15) is 22.8 Å². The first-order valence-electron chi connectivity index (χ1n) is 10.5. The Kier molecular flexibility index (Phi) is 9.15. The monoisotopic (exact) mass is 495 g/mol. The van der Waals surface area contributed by atoms with Gasteiger partial charge in [-0.3, -0.25) is 14.9 Å². The van der Waals surface area contributed by atoms with Crippen LogP contribution < -0.4 is 10.6 Å². The third-order valence-electron chi connectivity index (χ3n) is 4.94. The maximum Gasteiger partial charge on any atom is 0.413 e.